The molecule has 0 radical (unpaired) electrons. The van der Waals surface area contributed by atoms with Gasteiger partial charge in [0.15, 0.2) is 5.82 Å². The second-order valence-electron chi connectivity index (χ2n) is 25.1. The van der Waals surface area contributed by atoms with Crippen LogP contribution in [0.25, 0.3) is 199 Å². The van der Waals surface area contributed by atoms with Crippen molar-refractivity contribution < 1.29 is 8.83 Å². The summed E-state index contributed by atoms with van der Waals surface area (Å²) in [5, 5.41) is 15.9. The summed E-state index contributed by atoms with van der Waals surface area (Å²) in [6.45, 7) is 0. The average molecular weight is 1250 g/mol. The molecule has 0 spiro atoms. The molecule has 98 heavy (non-hydrogen) atoms. The second kappa shape index (κ2) is 23.4. The molecule has 5 heterocycles. The van der Waals surface area contributed by atoms with Gasteiger partial charge in [-0.3, -0.25) is 0 Å². The fourth-order valence-corrected chi connectivity index (χ4v) is 14.5. The number of hydrogen-bond acceptors (Lipinski definition) is 6. The van der Waals surface area contributed by atoms with Crippen LogP contribution in [0.2, 0.25) is 0 Å². The van der Waals surface area contributed by atoms with Crippen LogP contribution < -0.4 is 0 Å². The molecule has 0 aliphatic rings. The first-order valence-corrected chi connectivity index (χ1v) is 33.1. The Morgan fingerprint density at radius 2 is 0.582 bits per heavy atom. The van der Waals surface area contributed by atoms with Crippen LogP contribution >= 0.6 is 0 Å². The monoisotopic (exact) mass is 1250 g/mol. The normalized spacial score (nSPS) is 11.7. The van der Waals surface area contributed by atoms with Gasteiger partial charge in [0.25, 0.3) is 0 Å². The van der Waals surface area contributed by atoms with E-state index in [9.17, 15) is 0 Å². The van der Waals surface area contributed by atoms with Crippen molar-refractivity contribution in [3.8, 4) is 89.8 Å². The molecule has 0 aliphatic heterocycles. The highest BCUT2D eigenvalue weighted by Crippen LogP contribution is 2.46. The first kappa shape index (κ1) is 56.4. The second-order valence-corrected chi connectivity index (χ2v) is 25.1. The third-order valence-electron chi connectivity index (χ3n) is 19.3. The van der Waals surface area contributed by atoms with E-state index in [1.807, 2.05) is 54.6 Å². The number of nitrogens with zero attached hydrogens (tertiary/aromatic N) is 4. The summed E-state index contributed by atoms with van der Waals surface area (Å²) in [6.07, 6.45) is 0. The van der Waals surface area contributed by atoms with Crippen molar-refractivity contribution in [3.63, 3.8) is 0 Å². The summed E-state index contributed by atoms with van der Waals surface area (Å²) >= 11 is 0. The Morgan fingerprint density at radius 1 is 0.194 bits per heavy atom. The fraction of sp³-hybridized carbons (Fsp3) is 0. The topological polar surface area (TPSA) is 77.8 Å². The molecule has 0 amide bonds. The minimum atomic E-state index is 0.710. The van der Waals surface area contributed by atoms with Crippen LogP contribution in [0.5, 0.6) is 0 Å². The molecular formula is C92H56N4O2. The molecule has 0 aliphatic carbocycles. The Labute approximate surface area is 563 Å². The van der Waals surface area contributed by atoms with Gasteiger partial charge in [0, 0.05) is 70.9 Å². The smallest absolute Gasteiger partial charge is 0.160 e. The van der Waals surface area contributed by atoms with Gasteiger partial charge in [-0.25, -0.2) is 19.9 Å². The molecule has 6 nitrogen and oxygen atoms in total. The molecule has 0 atom stereocenters. The van der Waals surface area contributed by atoms with E-state index in [1.54, 1.807) is 0 Å². The minimum absolute atomic E-state index is 0.710. The lowest BCUT2D eigenvalue weighted by Gasteiger charge is -2.11. The van der Waals surface area contributed by atoms with E-state index in [4.69, 9.17) is 28.8 Å². The van der Waals surface area contributed by atoms with E-state index in [0.29, 0.717) is 5.82 Å². The summed E-state index contributed by atoms with van der Waals surface area (Å²) in [6, 6.07) is 119. The van der Waals surface area contributed by atoms with E-state index in [0.717, 1.165) is 149 Å². The van der Waals surface area contributed by atoms with Crippen molar-refractivity contribution in [1.29, 1.82) is 0 Å². The van der Waals surface area contributed by atoms with Crippen molar-refractivity contribution >= 4 is 109 Å². The Balaban J connectivity index is 0.000000138. The summed E-state index contributed by atoms with van der Waals surface area (Å²) < 4.78 is 13.3. The lowest BCUT2D eigenvalue weighted by Crippen LogP contribution is -1.95. The molecule has 0 N–H and O–H groups in total. The highest BCUT2D eigenvalue weighted by atomic mass is 16.3. The molecule has 0 saturated carbocycles. The lowest BCUT2D eigenvalue weighted by molar-refractivity contribution is 0.672. The van der Waals surface area contributed by atoms with Crippen molar-refractivity contribution in [1.82, 2.24) is 19.9 Å². The maximum atomic E-state index is 6.66. The number of aromatic nitrogens is 4. The van der Waals surface area contributed by atoms with Crippen LogP contribution in [0, 0.1) is 0 Å². The Morgan fingerprint density at radius 3 is 1.12 bits per heavy atom. The van der Waals surface area contributed by atoms with Gasteiger partial charge in [0.1, 0.15) is 22.3 Å². The Kier molecular flexibility index (Phi) is 13.5. The van der Waals surface area contributed by atoms with E-state index in [1.165, 1.54) is 43.8 Å². The van der Waals surface area contributed by atoms with Crippen LogP contribution in [0.3, 0.4) is 0 Å². The molecule has 456 valence electrons. The zero-order valence-electron chi connectivity index (χ0n) is 52.9. The van der Waals surface area contributed by atoms with E-state index < -0.39 is 0 Å². The SMILES string of the molecule is c1ccc(-c2cc(-c3ccc(-c4cc5c(oc6cccc(-c7ccc8ccccc8c7)c65)c5ccccc45)cc3)nc(-c3ccccc3)n2)cc1.c1ccc(-c2ccc3ccc4ccc(-c5cc6c(oc7cccc(-c8ccc9ccccc9c8)c76)c6ccccc56)nc4c3n2)cc1. The van der Waals surface area contributed by atoms with Gasteiger partial charge >= 0.3 is 0 Å². The molecule has 0 fully saturated rings. The van der Waals surface area contributed by atoms with Gasteiger partial charge in [-0.05, 0) is 120 Å². The first-order chi connectivity index (χ1) is 48.5. The van der Waals surface area contributed by atoms with E-state index in [-0.39, 0.29) is 0 Å². The van der Waals surface area contributed by atoms with E-state index in [2.05, 4.69) is 285 Å². The molecule has 6 heteroatoms. The summed E-state index contributed by atoms with van der Waals surface area (Å²) in [5.74, 6) is 0.710. The summed E-state index contributed by atoms with van der Waals surface area (Å²) in [7, 11) is 0. The molecule has 15 aromatic carbocycles. The van der Waals surface area contributed by atoms with Gasteiger partial charge in [-0.15, -0.1) is 0 Å². The molecule has 5 aromatic heterocycles. The zero-order chi connectivity index (χ0) is 64.6. The summed E-state index contributed by atoms with van der Waals surface area (Å²) in [5.41, 5.74) is 21.2. The zero-order valence-corrected chi connectivity index (χ0v) is 52.9. The number of benzene rings is 15. The third-order valence-corrected chi connectivity index (χ3v) is 19.3. The molecular weight excluding hydrogens is 1190 g/mol. The number of furan rings is 2. The maximum Gasteiger partial charge on any atom is 0.160 e. The van der Waals surface area contributed by atoms with Crippen LogP contribution in [0.4, 0.5) is 0 Å². The Hall–Kier alpha value is -13.2. The van der Waals surface area contributed by atoms with Crippen LogP contribution in [-0.2, 0) is 0 Å². The van der Waals surface area contributed by atoms with Crippen LogP contribution in [-0.4, -0.2) is 19.9 Å². The number of hydrogen-bond donors (Lipinski definition) is 0. The standard InChI is InChI=1S/C48H30N2O.C44H26N2O/c1-3-13-33(14-4-1)43-30-44(50-48(49-43)35-15-5-2-6-16-35)34-25-23-32(24-26-34)41-29-42-46-38(37-27-22-31-12-7-8-17-36(31)28-37)20-11-21-45(46)51-47(42)40-19-10-9-18-39(40)41;1-2-10-28(11-3-1)38-23-21-29-18-19-30-22-24-39(46-43(30)42(29)45-38)36-26-37-41-33(32-20-17-27-9-4-5-12-31(27)25-32)15-8-16-40(41)47-44(37)35-14-7-6-13-34(35)36/h1-30H;1-26H. The maximum absolute atomic E-state index is 6.66. The Bertz CT molecular complexity index is 6480. The van der Waals surface area contributed by atoms with Gasteiger partial charge in [-0.2, -0.15) is 0 Å². The number of fused-ring (bicyclic) bond motifs is 15. The lowest BCUT2D eigenvalue weighted by atomic mass is 9.92. The molecule has 0 bridgehead atoms. The largest absolute Gasteiger partial charge is 0.455 e. The van der Waals surface area contributed by atoms with E-state index >= 15 is 0 Å². The number of rotatable bonds is 8. The quantitative estimate of drug-likeness (QED) is 0.141. The minimum Gasteiger partial charge on any atom is -0.455 e. The van der Waals surface area contributed by atoms with Crippen molar-refractivity contribution in [2.24, 2.45) is 0 Å². The molecule has 0 saturated heterocycles. The average Bonchev–Trinajstić information content (AvgIpc) is 1.55. The molecule has 20 aromatic rings. The predicted octanol–water partition coefficient (Wildman–Crippen LogP) is 25.0. The van der Waals surface area contributed by atoms with Gasteiger partial charge in [0.05, 0.1) is 33.8 Å². The van der Waals surface area contributed by atoms with Gasteiger partial charge in [-0.1, -0.05) is 285 Å². The number of pyridine rings is 2. The third kappa shape index (κ3) is 9.81. The van der Waals surface area contributed by atoms with Gasteiger partial charge < -0.3 is 8.83 Å². The first-order valence-electron chi connectivity index (χ1n) is 33.1. The van der Waals surface area contributed by atoms with Crippen LogP contribution in [0.1, 0.15) is 0 Å². The molecule has 0 unspecified atom stereocenters. The van der Waals surface area contributed by atoms with Crippen molar-refractivity contribution in [2.45, 2.75) is 0 Å². The highest BCUT2D eigenvalue weighted by Gasteiger charge is 2.22. The van der Waals surface area contributed by atoms with Crippen molar-refractivity contribution in [2.75, 3.05) is 0 Å². The molecule has 20 rings (SSSR count). The highest BCUT2D eigenvalue weighted by molar-refractivity contribution is 6.24. The van der Waals surface area contributed by atoms with Crippen molar-refractivity contribution in [3.05, 3.63) is 340 Å². The van der Waals surface area contributed by atoms with Crippen LogP contribution in [0.15, 0.2) is 349 Å². The van der Waals surface area contributed by atoms with Gasteiger partial charge in [0.2, 0.25) is 0 Å². The summed E-state index contributed by atoms with van der Waals surface area (Å²) in [4.78, 5) is 20.5. The predicted molar refractivity (Wildman–Crippen MR) is 407 cm³/mol. The fourth-order valence-electron chi connectivity index (χ4n) is 14.5.